The van der Waals surface area contributed by atoms with Crippen LogP contribution < -0.4 is 5.32 Å². The molecule has 0 spiro atoms. The normalized spacial score (nSPS) is 24.1. The number of aryl methyl sites for hydroxylation is 1. The van der Waals surface area contributed by atoms with Crippen molar-refractivity contribution in [1.82, 2.24) is 5.32 Å². The SMILES string of the molecule is CCOC1CC(NC(=O)c2ccc(C)cc2F)C1(C)C. The van der Waals surface area contributed by atoms with Gasteiger partial charge in [0.1, 0.15) is 5.82 Å². The molecule has 0 bridgehead atoms. The van der Waals surface area contributed by atoms with Gasteiger partial charge in [0.25, 0.3) is 5.91 Å². The number of rotatable bonds is 4. The molecule has 2 atom stereocenters. The second-order valence-corrected chi connectivity index (χ2v) is 6.01. The van der Waals surface area contributed by atoms with Crippen LogP contribution in [0.4, 0.5) is 4.39 Å². The lowest BCUT2D eigenvalue weighted by Crippen LogP contribution is -2.62. The van der Waals surface area contributed by atoms with Crippen molar-refractivity contribution in [2.75, 3.05) is 6.61 Å². The van der Waals surface area contributed by atoms with E-state index in [2.05, 4.69) is 19.2 Å². The monoisotopic (exact) mass is 279 g/mol. The van der Waals surface area contributed by atoms with Crippen LogP contribution in [0.15, 0.2) is 18.2 Å². The van der Waals surface area contributed by atoms with Gasteiger partial charge < -0.3 is 10.1 Å². The first-order valence-corrected chi connectivity index (χ1v) is 7.05. The molecule has 1 saturated carbocycles. The molecule has 1 N–H and O–H groups in total. The molecule has 0 aliphatic heterocycles. The first-order chi connectivity index (χ1) is 9.36. The molecule has 4 heteroatoms. The second-order valence-electron chi connectivity index (χ2n) is 6.01. The molecule has 110 valence electrons. The van der Waals surface area contributed by atoms with Crippen LogP contribution in [0.25, 0.3) is 0 Å². The molecule has 0 saturated heterocycles. The van der Waals surface area contributed by atoms with Gasteiger partial charge in [0, 0.05) is 18.1 Å². The molecule has 1 aliphatic carbocycles. The summed E-state index contributed by atoms with van der Waals surface area (Å²) in [5, 5.41) is 2.91. The fourth-order valence-corrected chi connectivity index (χ4v) is 2.65. The Labute approximate surface area is 119 Å². The third kappa shape index (κ3) is 2.70. The first kappa shape index (κ1) is 15.0. The van der Waals surface area contributed by atoms with Crippen molar-refractivity contribution in [2.24, 2.45) is 5.41 Å². The van der Waals surface area contributed by atoms with Crippen LogP contribution in [0.3, 0.4) is 0 Å². The fraction of sp³-hybridized carbons (Fsp3) is 0.562. The quantitative estimate of drug-likeness (QED) is 0.920. The van der Waals surface area contributed by atoms with Gasteiger partial charge in [-0.3, -0.25) is 4.79 Å². The van der Waals surface area contributed by atoms with Crippen molar-refractivity contribution in [2.45, 2.75) is 46.3 Å². The highest BCUT2D eigenvalue weighted by molar-refractivity contribution is 5.94. The maximum atomic E-state index is 13.8. The summed E-state index contributed by atoms with van der Waals surface area (Å²) in [7, 11) is 0. The summed E-state index contributed by atoms with van der Waals surface area (Å²) >= 11 is 0. The average Bonchev–Trinajstić information content (AvgIpc) is 2.37. The summed E-state index contributed by atoms with van der Waals surface area (Å²) < 4.78 is 19.4. The Morgan fingerprint density at radius 1 is 1.50 bits per heavy atom. The minimum absolute atomic E-state index is 0.0206. The van der Waals surface area contributed by atoms with Gasteiger partial charge in [0.05, 0.1) is 11.7 Å². The molecule has 2 rings (SSSR count). The zero-order chi connectivity index (χ0) is 14.9. The maximum Gasteiger partial charge on any atom is 0.254 e. The third-order valence-corrected chi connectivity index (χ3v) is 4.22. The van der Waals surface area contributed by atoms with E-state index in [0.29, 0.717) is 6.61 Å². The zero-order valence-electron chi connectivity index (χ0n) is 12.5. The smallest absolute Gasteiger partial charge is 0.254 e. The lowest BCUT2D eigenvalue weighted by atomic mass is 9.64. The largest absolute Gasteiger partial charge is 0.378 e. The molecule has 3 nitrogen and oxygen atoms in total. The molecule has 0 radical (unpaired) electrons. The Hall–Kier alpha value is -1.42. The standard InChI is InChI=1S/C16H22FNO2/c1-5-20-14-9-13(16(14,3)4)18-15(19)11-7-6-10(2)8-12(11)17/h6-8,13-14H,5,9H2,1-4H3,(H,18,19). The summed E-state index contributed by atoms with van der Waals surface area (Å²) in [5.41, 5.74) is 0.790. The Kier molecular flexibility index (Phi) is 4.14. The minimum atomic E-state index is -0.471. The van der Waals surface area contributed by atoms with Gasteiger partial charge >= 0.3 is 0 Å². The van der Waals surface area contributed by atoms with Gasteiger partial charge in [-0.2, -0.15) is 0 Å². The lowest BCUT2D eigenvalue weighted by molar-refractivity contribution is -0.111. The Morgan fingerprint density at radius 2 is 2.20 bits per heavy atom. The van der Waals surface area contributed by atoms with E-state index in [1.165, 1.54) is 12.1 Å². The van der Waals surface area contributed by atoms with Crippen molar-refractivity contribution < 1.29 is 13.9 Å². The molecule has 20 heavy (non-hydrogen) atoms. The number of halogens is 1. The number of hydrogen-bond acceptors (Lipinski definition) is 2. The van der Waals surface area contributed by atoms with Gasteiger partial charge in [0.2, 0.25) is 0 Å². The van der Waals surface area contributed by atoms with Crippen molar-refractivity contribution in [3.05, 3.63) is 35.1 Å². The van der Waals surface area contributed by atoms with Crippen LogP contribution in [0.5, 0.6) is 0 Å². The molecule has 2 unspecified atom stereocenters. The summed E-state index contributed by atoms with van der Waals surface area (Å²) in [6.45, 7) is 8.55. The van der Waals surface area contributed by atoms with Crippen LogP contribution >= 0.6 is 0 Å². The zero-order valence-corrected chi connectivity index (χ0v) is 12.5. The highest BCUT2D eigenvalue weighted by Gasteiger charge is 2.49. The first-order valence-electron chi connectivity index (χ1n) is 7.05. The van der Waals surface area contributed by atoms with Gasteiger partial charge in [-0.15, -0.1) is 0 Å². The van der Waals surface area contributed by atoms with Crippen LogP contribution in [-0.2, 0) is 4.74 Å². The number of benzene rings is 1. The molecule has 1 fully saturated rings. The van der Waals surface area contributed by atoms with Gasteiger partial charge in [-0.25, -0.2) is 4.39 Å². The van der Waals surface area contributed by atoms with Crippen LogP contribution in [0.2, 0.25) is 0 Å². The van der Waals surface area contributed by atoms with E-state index < -0.39 is 5.82 Å². The van der Waals surface area contributed by atoms with Gasteiger partial charge in [-0.1, -0.05) is 19.9 Å². The predicted molar refractivity (Wildman–Crippen MR) is 76.2 cm³/mol. The van der Waals surface area contributed by atoms with E-state index in [0.717, 1.165) is 12.0 Å². The van der Waals surface area contributed by atoms with Crippen LogP contribution in [0, 0.1) is 18.2 Å². The summed E-state index contributed by atoms with van der Waals surface area (Å²) in [6.07, 6.45) is 0.931. The molecular weight excluding hydrogens is 257 g/mol. The summed E-state index contributed by atoms with van der Waals surface area (Å²) in [4.78, 5) is 12.1. The molecule has 1 aromatic carbocycles. The van der Waals surface area contributed by atoms with E-state index in [9.17, 15) is 9.18 Å². The summed E-state index contributed by atoms with van der Waals surface area (Å²) in [6, 6.07) is 4.68. The lowest BCUT2D eigenvalue weighted by Gasteiger charge is -2.51. The molecule has 0 aromatic heterocycles. The summed E-state index contributed by atoms with van der Waals surface area (Å²) in [5.74, 6) is -0.823. The average molecular weight is 279 g/mol. The minimum Gasteiger partial charge on any atom is -0.378 e. The number of ether oxygens (including phenoxy) is 1. The van der Waals surface area contributed by atoms with E-state index in [1.807, 2.05) is 6.92 Å². The van der Waals surface area contributed by atoms with E-state index in [4.69, 9.17) is 4.74 Å². The van der Waals surface area contributed by atoms with Crippen molar-refractivity contribution in [3.8, 4) is 0 Å². The maximum absolute atomic E-state index is 13.8. The Morgan fingerprint density at radius 3 is 2.75 bits per heavy atom. The van der Waals surface area contributed by atoms with E-state index >= 15 is 0 Å². The molecule has 1 aromatic rings. The number of hydrogen-bond donors (Lipinski definition) is 1. The van der Waals surface area contributed by atoms with E-state index in [1.54, 1.807) is 13.0 Å². The number of nitrogens with one attached hydrogen (secondary N) is 1. The van der Waals surface area contributed by atoms with Gasteiger partial charge in [-0.05, 0) is 38.0 Å². The van der Waals surface area contributed by atoms with E-state index in [-0.39, 0.29) is 29.0 Å². The highest BCUT2D eigenvalue weighted by Crippen LogP contribution is 2.42. The molecule has 1 aliphatic rings. The Balaban J connectivity index is 2.03. The van der Waals surface area contributed by atoms with Crippen LogP contribution in [-0.4, -0.2) is 24.7 Å². The topological polar surface area (TPSA) is 38.3 Å². The third-order valence-electron chi connectivity index (χ3n) is 4.22. The molecule has 0 heterocycles. The highest BCUT2D eigenvalue weighted by atomic mass is 19.1. The fourth-order valence-electron chi connectivity index (χ4n) is 2.65. The Bertz CT molecular complexity index is 513. The van der Waals surface area contributed by atoms with Crippen LogP contribution in [0.1, 0.15) is 43.1 Å². The molecule has 1 amide bonds. The number of carbonyl (C=O) groups is 1. The second kappa shape index (κ2) is 5.52. The van der Waals surface area contributed by atoms with Crippen molar-refractivity contribution >= 4 is 5.91 Å². The van der Waals surface area contributed by atoms with Crippen molar-refractivity contribution in [3.63, 3.8) is 0 Å². The number of carbonyl (C=O) groups excluding carboxylic acids is 1. The van der Waals surface area contributed by atoms with Gasteiger partial charge in [0.15, 0.2) is 0 Å². The predicted octanol–water partition coefficient (Wildman–Crippen LogP) is 3.07. The molecular formula is C16H22FNO2. The van der Waals surface area contributed by atoms with Crippen molar-refractivity contribution in [1.29, 1.82) is 0 Å². The number of amides is 1.